The lowest BCUT2D eigenvalue weighted by molar-refractivity contribution is 0.100. The fourth-order valence-electron chi connectivity index (χ4n) is 1.70. The van der Waals surface area contributed by atoms with Crippen molar-refractivity contribution in [3.63, 3.8) is 0 Å². The van der Waals surface area contributed by atoms with Crippen LogP contribution in [0.2, 0.25) is 0 Å². The Kier molecular flexibility index (Phi) is 5.10. The monoisotopic (exact) mass is 223 g/mol. The molecule has 0 aromatic heterocycles. The van der Waals surface area contributed by atoms with Gasteiger partial charge in [0.05, 0.1) is 6.61 Å². The largest absolute Gasteiger partial charge is 0.395 e. The van der Waals surface area contributed by atoms with E-state index in [1.165, 1.54) is 18.4 Å². The first kappa shape index (κ1) is 11.3. The summed E-state index contributed by atoms with van der Waals surface area (Å²) in [4.78, 5) is 2.19. The molecule has 13 heavy (non-hydrogen) atoms. The zero-order chi connectivity index (χ0) is 9.68. The van der Waals surface area contributed by atoms with E-state index in [1.807, 2.05) is 0 Å². The number of aliphatic hydroxyl groups is 1. The highest BCUT2D eigenvalue weighted by molar-refractivity contribution is 6.36. The Bertz CT molecular complexity index is 184. The van der Waals surface area contributed by atoms with Gasteiger partial charge in [-0.2, -0.15) is 0 Å². The summed E-state index contributed by atoms with van der Waals surface area (Å²) in [5, 5.41) is 9.75. The lowest BCUT2D eigenvalue weighted by Crippen LogP contribution is -2.42. The van der Waals surface area contributed by atoms with Crippen LogP contribution in [0, 0.1) is 0 Å². The predicted molar refractivity (Wildman–Crippen MR) is 56.1 cm³/mol. The maximum absolute atomic E-state index is 9.11. The van der Waals surface area contributed by atoms with Crippen molar-refractivity contribution in [3.05, 3.63) is 10.6 Å². The van der Waals surface area contributed by atoms with Gasteiger partial charge < -0.3 is 5.11 Å². The third-order valence-corrected chi connectivity index (χ3v) is 3.04. The second-order valence-corrected chi connectivity index (χ2v) is 4.06. The van der Waals surface area contributed by atoms with Crippen LogP contribution < -0.4 is 0 Å². The van der Waals surface area contributed by atoms with E-state index in [0.717, 1.165) is 13.0 Å². The molecule has 0 radical (unpaired) electrons. The van der Waals surface area contributed by atoms with Crippen molar-refractivity contribution in [2.45, 2.75) is 25.3 Å². The first-order valence-electron chi connectivity index (χ1n) is 4.57. The van der Waals surface area contributed by atoms with Crippen molar-refractivity contribution in [2.24, 2.45) is 0 Å². The molecule has 1 saturated heterocycles. The van der Waals surface area contributed by atoms with Crippen LogP contribution in [0.1, 0.15) is 19.3 Å². The van der Waals surface area contributed by atoms with Crippen molar-refractivity contribution in [1.29, 1.82) is 0 Å². The minimum Gasteiger partial charge on any atom is -0.395 e. The molecule has 76 valence electrons. The molecule has 4 heteroatoms. The number of hydrogen-bond acceptors (Lipinski definition) is 2. The van der Waals surface area contributed by atoms with Gasteiger partial charge in [0.25, 0.3) is 0 Å². The van der Waals surface area contributed by atoms with Crippen molar-refractivity contribution < 1.29 is 5.11 Å². The number of rotatable bonds is 3. The van der Waals surface area contributed by atoms with Gasteiger partial charge in [-0.3, -0.25) is 4.90 Å². The summed E-state index contributed by atoms with van der Waals surface area (Å²) < 4.78 is 0. The minimum atomic E-state index is 0.215. The molecule has 1 aliphatic heterocycles. The Labute approximate surface area is 89.1 Å². The molecular weight excluding hydrogens is 209 g/mol. The molecule has 1 rings (SSSR count). The molecule has 1 atom stereocenters. The highest BCUT2D eigenvalue weighted by atomic mass is 35.5. The second kappa shape index (κ2) is 5.86. The zero-order valence-corrected chi connectivity index (χ0v) is 9.06. The number of aliphatic hydroxyl groups excluding tert-OH is 1. The van der Waals surface area contributed by atoms with Gasteiger partial charge in [-0.15, -0.1) is 0 Å². The van der Waals surface area contributed by atoms with Gasteiger partial charge in [0, 0.05) is 23.2 Å². The Hall–Kier alpha value is 0.240. The van der Waals surface area contributed by atoms with Crippen LogP contribution in [-0.4, -0.2) is 35.7 Å². The summed E-state index contributed by atoms with van der Waals surface area (Å²) >= 11 is 11.3. The van der Waals surface area contributed by atoms with Crippen molar-refractivity contribution in [1.82, 2.24) is 4.90 Å². The Morgan fingerprint density at radius 2 is 2.31 bits per heavy atom. The van der Waals surface area contributed by atoms with Crippen LogP contribution >= 0.6 is 23.2 Å². The lowest BCUT2D eigenvalue weighted by Gasteiger charge is -2.34. The number of hydrogen-bond donors (Lipinski definition) is 1. The van der Waals surface area contributed by atoms with Crippen LogP contribution in [-0.2, 0) is 0 Å². The quantitative estimate of drug-likeness (QED) is 0.793. The van der Waals surface area contributed by atoms with Crippen molar-refractivity contribution in [3.8, 4) is 0 Å². The molecule has 0 saturated carbocycles. The highest BCUT2D eigenvalue weighted by Crippen LogP contribution is 2.19. The van der Waals surface area contributed by atoms with E-state index in [4.69, 9.17) is 28.3 Å². The van der Waals surface area contributed by atoms with Gasteiger partial charge >= 0.3 is 0 Å². The van der Waals surface area contributed by atoms with Gasteiger partial charge in [0.1, 0.15) is 0 Å². The highest BCUT2D eigenvalue weighted by Gasteiger charge is 2.21. The molecule has 1 unspecified atom stereocenters. The summed E-state index contributed by atoms with van der Waals surface area (Å²) in [5.74, 6) is 0. The van der Waals surface area contributed by atoms with Crippen LogP contribution in [0.15, 0.2) is 10.6 Å². The van der Waals surface area contributed by atoms with E-state index in [9.17, 15) is 0 Å². The number of piperidine rings is 1. The van der Waals surface area contributed by atoms with E-state index < -0.39 is 0 Å². The van der Waals surface area contributed by atoms with Gasteiger partial charge in [0.2, 0.25) is 0 Å². The Balaban J connectivity index is 2.45. The standard InChI is InChI=1S/C9H15Cl2NO/c10-5-8(11)6-12-4-2-1-3-9(12)7-13/h5,9,13H,1-4,6-7H2/b8-5-. The number of halogens is 2. The van der Waals surface area contributed by atoms with E-state index >= 15 is 0 Å². The van der Waals surface area contributed by atoms with Crippen molar-refractivity contribution >= 4 is 23.2 Å². The third kappa shape index (κ3) is 3.47. The third-order valence-electron chi connectivity index (χ3n) is 2.43. The van der Waals surface area contributed by atoms with Gasteiger partial charge in [-0.25, -0.2) is 0 Å². The smallest absolute Gasteiger partial charge is 0.0587 e. The Morgan fingerprint density at radius 3 is 2.92 bits per heavy atom. The summed E-state index contributed by atoms with van der Waals surface area (Å²) in [7, 11) is 0. The van der Waals surface area contributed by atoms with Gasteiger partial charge in [-0.1, -0.05) is 29.6 Å². The fraction of sp³-hybridized carbons (Fsp3) is 0.778. The second-order valence-electron chi connectivity index (χ2n) is 3.36. The molecule has 0 aromatic carbocycles. The van der Waals surface area contributed by atoms with E-state index in [2.05, 4.69) is 4.90 Å². The Morgan fingerprint density at radius 1 is 1.54 bits per heavy atom. The van der Waals surface area contributed by atoms with E-state index in [1.54, 1.807) is 0 Å². The molecule has 0 spiro atoms. The molecule has 1 aliphatic rings. The van der Waals surface area contributed by atoms with Gasteiger partial charge in [-0.05, 0) is 19.4 Å². The van der Waals surface area contributed by atoms with Crippen LogP contribution in [0.4, 0.5) is 0 Å². The summed E-state index contributed by atoms with van der Waals surface area (Å²) in [5.41, 5.74) is 1.39. The fourth-order valence-corrected chi connectivity index (χ4v) is 1.93. The molecule has 0 aliphatic carbocycles. The normalized spacial score (nSPS) is 26.4. The van der Waals surface area contributed by atoms with E-state index in [0.29, 0.717) is 11.6 Å². The minimum absolute atomic E-state index is 0.215. The van der Waals surface area contributed by atoms with Crippen LogP contribution in [0.3, 0.4) is 0 Å². The zero-order valence-electron chi connectivity index (χ0n) is 7.55. The molecule has 0 bridgehead atoms. The molecule has 1 fully saturated rings. The number of likely N-dealkylation sites (tertiary alicyclic amines) is 1. The first-order chi connectivity index (χ1) is 6.27. The first-order valence-corrected chi connectivity index (χ1v) is 5.39. The van der Waals surface area contributed by atoms with E-state index in [-0.39, 0.29) is 12.6 Å². The van der Waals surface area contributed by atoms with Crippen LogP contribution in [0.25, 0.3) is 0 Å². The van der Waals surface area contributed by atoms with Crippen molar-refractivity contribution in [2.75, 3.05) is 19.7 Å². The molecule has 0 amide bonds. The average molecular weight is 224 g/mol. The topological polar surface area (TPSA) is 23.5 Å². The number of nitrogens with zero attached hydrogens (tertiary/aromatic N) is 1. The molecule has 1 heterocycles. The molecule has 2 nitrogen and oxygen atoms in total. The summed E-state index contributed by atoms with van der Waals surface area (Å²) in [6.45, 7) is 1.88. The average Bonchev–Trinajstić information content (AvgIpc) is 2.18. The SMILES string of the molecule is OCC1CCCCN1C/C(Cl)=C/Cl. The van der Waals surface area contributed by atoms with Crippen LogP contribution in [0.5, 0.6) is 0 Å². The lowest BCUT2D eigenvalue weighted by atomic mass is 10.0. The summed E-state index contributed by atoms with van der Waals surface area (Å²) in [6.07, 6.45) is 3.44. The van der Waals surface area contributed by atoms with Gasteiger partial charge in [0.15, 0.2) is 0 Å². The molecule has 1 N–H and O–H groups in total. The molecule has 0 aromatic rings. The predicted octanol–water partition coefficient (Wildman–Crippen LogP) is 2.15. The molecular formula is C9H15Cl2NO. The maximum atomic E-state index is 9.11. The summed E-state index contributed by atoms with van der Waals surface area (Å²) in [6, 6.07) is 0.263. The maximum Gasteiger partial charge on any atom is 0.0587 e.